The van der Waals surface area contributed by atoms with Crippen LogP contribution in [0, 0.1) is 0 Å². The van der Waals surface area contributed by atoms with E-state index in [-0.39, 0.29) is 12.5 Å². The summed E-state index contributed by atoms with van der Waals surface area (Å²) in [7, 11) is 4.13. The molecule has 2 N–H and O–H groups in total. The average molecular weight is 362 g/mol. The fourth-order valence-corrected chi connectivity index (χ4v) is 2.30. The molecule has 6 heteroatoms. The Morgan fingerprint density at radius 2 is 1.68 bits per heavy atom. The molecule has 0 bridgehead atoms. The maximum atomic E-state index is 11.9. The molecular weight excluding hydrogens is 338 g/mol. The van der Waals surface area contributed by atoms with Crippen LogP contribution in [0.25, 0.3) is 0 Å². The van der Waals surface area contributed by atoms with Crippen LogP contribution in [0.1, 0.15) is 6.42 Å². The summed E-state index contributed by atoms with van der Waals surface area (Å²) in [6, 6.07) is 14.5. The number of nitrogens with one attached hydrogen (secondary N) is 2. The number of carbonyl (C=O) groups excluding carboxylic acids is 1. The van der Waals surface area contributed by atoms with Crippen LogP contribution in [0.2, 0.25) is 5.02 Å². The minimum absolute atomic E-state index is 0.0494. The summed E-state index contributed by atoms with van der Waals surface area (Å²) in [5.74, 6) is 0.401. The van der Waals surface area contributed by atoms with Gasteiger partial charge in [0.1, 0.15) is 5.75 Å². The Balaban J connectivity index is 1.72. The fraction of sp³-hybridized carbons (Fsp3) is 0.316. The summed E-state index contributed by atoms with van der Waals surface area (Å²) in [4.78, 5) is 14.1. The number of benzene rings is 2. The molecule has 0 aliphatic rings. The van der Waals surface area contributed by atoms with Crippen molar-refractivity contribution < 1.29 is 9.53 Å². The van der Waals surface area contributed by atoms with Crippen molar-refractivity contribution in [3.05, 3.63) is 53.6 Å². The van der Waals surface area contributed by atoms with E-state index in [0.29, 0.717) is 10.8 Å². The van der Waals surface area contributed by atoms with Crippen LogP contribution in [0.15, 0.2) is 48.5 Å². The Morgan fingerprint density at radius 1 is 1.04 bits per heavy atom. The number of rotatable bonds is 9. The molecule has 0 spiro atoms. The van der Waals surface area contributed by atoms with Crippen LogP contribution in [0.4, 0.5) is 11.4 Å². The van der Waals surface area contributed by atoms with Gasteiger partial charge in [-0.15, -0.1) is 0 Å². The van der Waals surface area contributed by atoms with E-state index in [4.69, 9.17) is 16.3 Å². The van der Waals surface area contributed by atoms with Crippen LogP contribution in [-0.4, -0.2) is 44.6 Å². The first-order valence-corrected chi connectivity index (χ1v) is 8.57. The van der Waals surface area contributed by atoms with Gasteiger partial charge in [0.05, 0.1) is 0 Å². The molecule has 0 saturated carbocycles. The Hall–Kier alpha value is -2.24. The minimum atomic E-state index is -0.207. The molecule has 0 heterocycles. The predicted molar refractivity (Wildman–Crippen MR) is 104 cm³/mol. The smallest absolute Gasteiger partial charge is 0.262 e. The zero-order chi connectivity index (χ0) is 18.1. The highest BCUT2D eigenvalue weighted by molar-refractivity contribution is 6.30. The van der Waals surface area contributed by atoms with E-state index < -0.39 is 0 Å². The van der Waals surface area contributed by atoms with Crippen molar-refractivity contribution in [3.8, 4) is 5.75 Å². The third-order valence-electron chi connectivity index (χ3n) is 3.46. The lowest BCUT2D eigenvalue weighted by Gasteiger charge is -2.11. The maximum absolute atomic E-state index is 11.9. The van der Waals surface area contributed by atoms with Gasteiger partial charge in [-0.25, -0.2) is 0 Å². The molecule has 2 rings (SSSR count). The minimum Gasteiger partial charge on any atom is -0.484 e. The van der Waals surface area contributed by atoms with Crippen molar-refractivity contribution in [2.24, 2.45) is 0 Å². The van der Waals surface area contributed by atoms with E-state index in [1.807, 2.05) is 24.3 Å². The molecule has 134 valence electrons. The summed E-state index contributed by atoms with van der Waals surface area (Å²) >= 11 is 5.81. The predicted octanol–water partition coefficient (Wildman–Crippen LogP) is 3.72. The Labute approximate surface area is 153 Å². The summed E-state index contributed by atoms with van der Waals surface area (Å²) in [6.07, 6.45) is 1.08. The largest absolute Gasteiger partial charge is 0.484 e. The molecule has 1 amide bonds. The molecule has 0 radical (unpaired) electrons. The second-order valence-electron chi connectivity index (χ2n) is 5.95. The van der Waals surface area contributed by atoms with Crippen molar-refractivity contribution in [1.82, 2.24) is 4.90 Å². The van der Waals surface area contributed by atoms with Crippen molar-refractivity contribution >= 4 is 28.9 Å². The van der Waals surface area contributed by atoms with Crippen LogP contribution in [0.3, 0.4) is 0 Å². The second-order valence-corrected chi connectivity index (χ2v) is 6.39. The van der Waals surface area contributed by atoms with Crippen molar-refractivity contribution in [2.45, 2.75) is 6.42 Å². The van der Waals surface area contributed by atoms with Crippen LogP contribution in [-0.2, 0) is 4.79 Å². The van der Waals surface area contributed by atoms with E-state index in [9.17, 15) is 4.79 Å². The Morgan fingerprint density at radius 3 is 2.32 bits per heavy atom. The van der Waals surface area contributed by atoms with E-state index in [1.165, 1.54) is 0 Å². The van der Waals surface area contributed by atoms with Gasteiger partial charge in [0, 0.05) is 22.9 Å². The van der Waals surface area contributed by atoms with Gasteiger partial charge in [-0.3, -0.25) is 4.79 Å². The first kappa shape index (κ1) is 19.1. The fourth-order valence-electron chi connectivity index (χ4n) is 2.18. The van der Waals surface area contributed by atoms with Crippen LogP contribution >= 0.6 is 11.6 Å². The number of hydrogen-bond acceptors (Lipinski definition) is 4. The molecule has 5 nitrogen and oxygen atoms in total. The van der Waals surface area contributed by atoms with Gasteiger partial charge >= 0.3 is 0 Å². The number of hydrogen-bond donors (Lipinski definition) is 2. The first-order chi connectivity index (χ1) is 12.0. The SMILES string of the molecule is CN(C)CCCNc1ccc(NC(=O)COc2ccc(Cl)cc2)cc1. The van der Waals surface area contributed by atoms with Crippen molar-refractivity contribution in [3.63, 3.8) is 0 Å². The van der Waals surface area contributed by atoms with E-state index in [1.54, 1.807) is 24.3 Å². The molecule has 0 aromatic heterocycles. The normalized spacial score (nSPS) is 10.6. The van der Waals surface area contributed by atoms with Crippen molar-refractivity contribution in [1.29, 1.82) is 0 Å². The number of nitrogens with zero attached hydrogens (tertiary/aromatic N) is 1. The van der Waals surface area contributed by atoms with Crippen LogP contribution < -0.4 is 15.4 Å². The highest BCUT2D eigenvalue weighted by Gasteiger charge is 2.04. The summed E-state index contributed by atoms with van der Waals surface area (Å²) in [5.41, 5.74) is 1.78. The molecule has 2 aromatic carbocycles. The highest BCUT2D eigenvalue weighted by Crippen LogP contribution is 2.16. The first-order valence-electron chi connectivity index (χ1n) is 8.20. The van der Waals surface area contributed by atoms with Gasteiger partial charge < -0.3 is 20.3 Å². The zero-order valence-corrected chi connectivity index (χ0v) is 15.3. The second kappa shape index (κ2) is 9.91. The van der Waals surface area contributed by atoms with Crippen molar-refractivity contribution in [2.75, 3.05) is 44.4 Å². The number of halogens is 1. The molecule has 0 atom stereocenters. The summed E-state index contributed by atoms with van der Waals surface area (Å²) in [6.45, 7) is 1.92. The third-order valence-corrected chi connectivity index (χ3v) is 3.72. The molecular formula is C19H24ClN3O2. The molecule has 25 heavy (non-hydrogen) atoms. The zero-order valence-electron chi connectivity index (χ0n) is 14.6. The lowest BCUT2D eigenvalue weighted by atomic mass is 10.2. The van der Waals surface area contributed by atoms with Gasteiger partial charge in [0.2, 0.25) is 0 Å². The highest BCUT2D eigenvalue weighted by atomic mass is 35.5. The molecule has 2 aromatic rings. The van der Waals surface area contributed by atoms with Crippen LogP contribution in [0.5, 0.6) is 5.75 Å². The molecule has 0 saturated heterocycles. The number of anilines is 2. The standard InChI is InChI=1S/C19H24ClN3O2/c1-23(2)13-3-12-21-16-6-8-17(9-7-16)22-19(24)14-25-18-10-4-15(20)5-11-18/h4-11,21H,3,12-14H2,1-2H3,(H,22,24). The summed E-state index contributed by atoms with van der Waals surface area (Å²) in [5, 5.41) is 6.80. The number of carbonyl (C=O) groups is 1. The van der Waals surface area contributed by atoms with Gasteiger partial charge in [0.25, 0.3) is 5.91 Å². The van der Waals surface area contributed by atoms with E-state index in [0.717, 1.165) is 30.9 Å². The Bertz CT molecular complexity index is 657. The van der Waals surface area contributed by atoms with Gasteiger partial charge in [0.15, 0.2) is 6.61 Å². The Kier molecular flexibility index (Phi) is 7.57. The molecule has 0 unspecified atom stereocenters. The van der Waals surface area contributed by atoms with Gasteiger partial charge in [-0.2, -0.15) is 0 Å². The van der Waals surface area contributed by atoms with Gasteiger partial charge in [-0.05, 0) is 75.6 Å². The number of ether oxygens (including phenoxy) is 1. The molecule has 0 aliphatic carbocycles. The topological polar surface area (TPSA) is 53.6 Å². The van der Waals surface area contributed by atoms with E-state index >= 15 is 0 Å². The van der Waals surface area contributed by atoms with Gasteiger partial charge in [-0.1, -0.05) is 11.6 Å². The molecule has 0 aliphatic heterocycles. The average Bonchev–Trinajstić information content (AvgIpc) is 2.59. The van der Waals surface area contributed by atoms with E-state index in [2.05, 4.69) is 29.6 Å². The quantitative estimate of drug-likeness (QED) is 0.668. The molecule has 0 fully saturated rings. The monoisotopic (exact) mass is 361 g/mol. The third kappa shape index (κ3) is 7.45. The maximum Gasteiger partial charge on any atom is 0.262 e. The lowest BCUT2D eigenvalue weighted by Crippen LogP contribution is -2.20. The summed E-state index contributed by atoms with van der Waals surface area (Å²) < 4.78 is 5.42. The lowest BCUT2D eigenvalue weighted by molar-refractivity contribution is -0.118. The number of amides is 1.